The smallest absolute Gasteiger partial charge is 0.368 e. The molecule has 0 atom stereocenters. The molecule has 0 saturated heterocycles. The Morgan fingerprint density at radius 3 is 2.27 bits per heavy atom. The summed E-state index contributed by atoms with van der Waals surface area (Å²) >= 11 is 0. The van der Waals surface area contributed by atoms with E-state index in [0.29, 0.717) is 22.5 Å². The van der Waals surface area contributed by atoms with Crippen LogP contribution in [0.25, 0.3) is 44.9 Å². The van der Waals surface area contributed by atoms with E-state index in [1.807, 2.05) is 30.3 Å². The Balaban J connectivity index is 1.74. The minimum absolute atomic E-state index is 0.157. The lowest BCUT2D eigenvalue weighted by Crippen LogP contribution is -2.23. The summed E-state index contributed by atoms with van der Waals surface area (Å²) in [6, 6.07) is 19.1. The molecule has 0 bridgehead atoms. The molecule has 0 unspecified atom stereocenters. The standard InChI is InChI=1S/C26H22F3N5O2S/c1-15(2)37(35,36)34-21-14-17(11-12-20(21)31-25(34)30)23-22(16-7-4-3-5-8-16)32-24(33-23)18-9-6-10-19(13-18)26(27,28)29/h3-15H,1-2H3,(H2,30,31)(H,32,33). The molecule has 3 N–H and O–H groups in total. The number of halogens is 3. The summed E-state index contributed by atoms with van der Waals surface area (Å²) in [7, 11) is -3.81. The van der Waals surface area contributed by atoms with Gasteiger partial charge in [0.2, 0.25) is 16.0 Å². The van der Waals surface area contributed by atoms with Crippen molar-refractivity contribution in [2.75, 3.05) is 5.73 Å². The second-order valence-corrected chi connectivity index (χ2v) is 11.1. The van der Waals surface area contributed by atoms with Gasteiger partial charge in [-0.3, -0.25) is 0 Å². The summed E-state index contributed by atoms with van der Waals surface area (Å²) in [6.45, 7) is 3.10. The highest BCUT2D eigenvalue weighted by atomic mass is 32.2. The summed E-state index contributed by atoms with van der Waals surface area (Å²) in [6.07, 6.45) is -4.50. The van der Waals surface area contributed by atoms with Gasteiger partial charge in [0.05, 0.1) is 33.2 Å². The number of alkyl halides is 3. The van der Waals surface area contributed by atoms with Crippen LogP contribution in [-0.2, 0) is 16.2 Å². The number of aromatic amines is 1. The van der Waals surface area contributed by atoms with Gasteiger partial charge in [-0.15, -0.1) is 0 Å². The number of nitrogens with zero attached hydrogens (tertiary/aromatic N) is 3. The maximum atomic E-state index is 13.3. The lowest BCUT2D eigenvalue weighted by atomic mass is 10.0. The minimum atomic E-state index is -4.50. The molecule has 5 aromatic rings. The van der Waals surface area contributed by atoms with Crippen LogP contribution in [0.5, 0.6) is 0 Å². The Hall–Kier alpha value is -4.12. The molecule has 2 aromatic heterocycles. The van der Waals surface area contributed by atoms with E-state index in [4.69, 9.17) is 5.73 Å². The number of nitrogens with one attached hydrogen (secondary N) is 1. The molecule has 7 nitrogen and oxygen atoms in total. The van der Waals surface area contributed by atoms with Crippen molar-refractivity contribution in [3.05, 3.63) is 78.4 Å². The van der Waals surface area contributed by atoms with Crippen molar-refractivity contribution >= 4 is 27.0 Å². The minimum Gasteiger partial charge on any atom is -0.368 e. The maximum Gasteiger partial charge on any atom is 0.416 e. The van der Waals surface area contributed by atoms with Crippen LogP contribution in [0.3, 0.4) is 0 Å². The Morgan fingerprint density at radius 1 is 0.892 bits per heavy atom. The first-order valence-electron chi connectivity index (χ1n) is 11.3. The molecule has 0 radical (unpaired) electrons. The molecule has 0 aliphatic heterocycles. The lowest BCUT2D eigenvalue weighted by Gasteiger charge is -2.11. The molecule has 37 heavy (non-hydrogen) atoms. The van der Waals surface area contributed by atoms with Crippen LogP contribution in [-0.4, -0.2) is 32.6 Å². The number of nitrogen functional groups attached to an aromatic ring is 1. The van der Waals surface area contributed by atoms with E-state index in [2.05, 4.69) is 15.0 Å². The van der Waals surface area contributed by atoms with Gasteiger partial charge in [0.15, 0.2) is 0 Å². The van der Waals surface area contributed by atoms with E-state index in [9.17, 15) is 21.6 Å². The molecule has 5 rings (SSSR count). The Labute approximate surface area is 210 Å². The van der Waals surface area contributed by atoms with Crippen LogP contribution >= 0.6 is 0 Å². The topological polar surface area (TPSA) is 107 Å². The number of hydrogen-bond donors (Lipinski definition) is 2. The number of nitrogens with two attached hydrogens (primary N) is 1. The van der Waals surface area contributed by atoms with Crippen molar-refractivity contribution in [3.63, 3.8) is 0 Å². The number of fused-ring (bicyclic) bond motifs is 1. The van der Waals surface area contributed by atoms with E-state index in [0.717, 1.165) is 21.7 Å². The Kier molecular flexibility index (Phi) is 5.82. The summed E-state index contributed by atoms with van der Waals surface area (Å²) in [4.78, 5) is 12.0. The number of anilines is 1. The summed E-state index contributed by atoms with van der Waals surface area (Å²) in [5.74, 6) is 0.0821. The number of rotatable bonds is 5. The van der Waals surface area contributed by atoms with Gasteiger partial charge < -0.3 is 10.7 Å². The average molecular weight is 526 g/mol. The third-order valence-corrected chi connectivity index (χ3v) is 8.07. The fraction of sp³-hybridized carbons (Fsp3) is 0.154. The summed E-state index contributed by atoms with van der Waals surface area (Å²) < 4.78 is 67.0. The quantitative estimate of drug-likeness (QED) is 0.295. The van der Waals surface area contributed by atoms with Crippen molar-refractivity contribution in [2.24, 2.45) is 0 Å². The molecular formula is C26H22F3N5O2S. The predicted octanol–water partition coefficient (Wildman–Crippen LogP) is 5.95. The van der Waals surface area contributed by atoms with E-state index < -0.39 is 27.0 Å². The zero-order valence-electron chi connectivity index (χ0n) is 19.8. The van der Waals surface area contributed by atoms with E-state index >= 15 is 0 Å². The van der Waals surface area contributed by atoms with Crippen molar-refractivity contribution in [1.29, 1.82) is 0 Å². The number of imidazole rings is 2. The number of H-pyrrole nitrogens is 1. The fourth-order valence-corrected chi connectivity index (χ4v) is 5.22. The van der Waals surface area contributed by atoms with Crippen LogP contribution in [0.2, 0.25) is 0 Å². The molecule has 2 heterocycles. The monoisotopic (exact) mass is 525 g/mol. The summed E-state index contributed by atoms with van der Waals surface area (Å²) in [5, 5.41) is -0.742. The predicted molar refractivity (Wildman–Crippen MR) is 137 cm³/mol. The number of benzene rings is 3. The van der Waals surface area contributed by atoms with Crippen LogP contribution in [0.1, 0.15) is 19.4 Å². The van der Waals surface area contributed by atoms with Crippen LogP contribution < -0.4 is 5.73 Å². The second-order valence-electron chi connectivity index (χ2n) is 8.79. The third-order valence-electron chi connectivity index (χ3n) is 5.99. The van der Waals surface area contributed by atoms with Gasteiger partial charge in [-0.25, -0.2) is 22.4 Å². The molecule has 190 valence electrons. The van der Waals surface area contributed by atoms with Crippen LogP contribution in [0.4, 0.5) is 19.1 Å². The molecular weight excluding hydrogens is 503 g/mol. The normalized spacial score (nSPS) is 12.5. The number of aromatic nitrogens is 4. The second kappa shape index (κ2) is 8.77. The third kappa shape index (κ3) is 4.35. The Bertz CT molecular complexity index is 1720. The molecule has 0 spiro atoms. The lowest BCUT2D eigenvalue weighted by molar-refractivity contribution is -0.137. The van der Waals surface area contributed by atoms with Crippen LogP contribution in [0, 0.1) is 0 Å². The maximum absolute atomic E-state index is 13.3. The largest absolute Gasteiger partial charge is 0.416 e. The van der Waals surface area contributed by atoms with Gasteiger partial charge in [-0.1, -0.05) is 48.5 Å². The highest BCUT2D eigenvalue weighted by molar-refractivity contribution is 7.90. The first-order valence-corrected chi connectivity index (χ1v) is 12.8. The molecule has 0 fully saturated rings. The van der Waals surface area contributed by atoms with Gasteiger partial charge in [0, 0.05) is 16.7 Å². The van der Waals surface area contributed by atoms with Gasteiger partial charge in [0.25, 0.3) is 0 Å². The van der Waals surface area contributed by atoms with Gasteiger partial charge >= 0.3 is 6.18 Å². The zero-order valence-corrected chi connectivity index (χ0v) is 20.6. The zero-order chi connectivity index (χ0) is 26.5. The average Bonchev–Trinajstić information content (AvgIpc) is 3.45. The van der Waals surface area contributed by atoms with E-state index in [1.165, 1.54) is 6.07 Å². The molecule has 3 aromatic carbocycles. The van der Waals surface area contributed by atoms with Crippen molar-refractivity contribution < 1.29 is 21.6 Å². The SMILES string of the molecule is CC(C)S(=O)(=O)n1c(N)nc2ccc(-c3nc(-c4cccc(C(F)(F)F)c4)[nH]c3-c3ccccc3)cc21. The van der Waals surface area contributed by atoms with Crippen molar-refractivity contribution in [2.45, 2.75) is 25.3 Å². The van der Waals surface area contributed by atoms with E-state index in [-0.39, 0.29) is 22.9 Å². The molecule has 0 aliphatic carbocycles. The molecule has 0 aliphatic rings. The Morgan fingerprint density at radius 2 is 1.59 bits per heavy atom. The first-order chi connectivity index (χ1) is 17.5. The fourth-order valence-electron chi connectivity index (χ4n) is 4.07. The van der Waals surface area contributed by atoms with Crippen LogP contribution in [0.15, 0.2) is 72.8 Å². The highest BCUT2D eigenvalue weighted by Crippen LogP contribution is 2.37. The molecule has 0 saturated carbocycles. The molecule has 0 amide bonds. The van der Waals surface area contributed by atoms with E-state index in [1.54, 1.807) is 38.1 Å². The summed E-state index contributed by atoms with van der Waals surface area (Å²) in [5.41, 5.74) is 8.42. The first kappa shape index (κ1) is 24.6. The van der Waals surface area contributed by atoms with Crippen molar-refractivity contribution in [3.8, 4) is 33.9 Å². The van der Waals surface area contributed by atoms with Gasteiger partial charge in [-0.05, 0) is 38.1 Å². The highest BCUT2D eigenvalue weighted by Gasteiger charge is 2.31. The van der Waals surface area contributed by atoms with Gasteiger partial charge in [-0.2, -0.15) is 13.2 Å². The number of hydrogen-bond acceptors (Lipinski definition) is 5. The molecule has 11 heteroatoms. The van der Waals surface area contributed by atoms with Crippen molar-refractivity contribution in [1.82, 2.24) is 18.9 Å². The van der Waals surface area contributed by atoms with Gasteiger partial charge in [0.1, 0.15) is 5.82 Å².